The van der Waals surface area contributed by atoms with Crippen LogP contribution in [0.3, 0.4) is 0 Å². The van der Waals surface area contributed by atoms with E-state index >= 15 is 0 Å². The predicted octanol–water partition coefficient (Wildman–Crippen LogP) is 2.14. The molecule has 1 amide bonds. The first-order valence-corrected chi connectivity index (χ1v) is 6.44. The summed E-state index contributed by atoms with van der Waals surface area (Å²) in [5.41, 5.74) is 0.529. The molecule has 1 aliphatic rings. The molecule has 0 aliphatic heterocycles. The highest BCUT2D eigenvalue weighted by molar-refractivity contribution is 5.76. The minimum absolute atomic E-state index is 0.0427. The van der Waals surface area contributed by atoms with E-state index in [1.807, 2.05) is 0 Å². The number of hydrogen-bond donors (Lipinski definition) is 2. The van der Waals surface area contributed by atoms with Crippen LogP contribution in [-0.2, 0) is 4.79 Å². The monoisotopic (exact) mass is 250 g/mol. The molecule has 2 N–H and O–H groups in total. The lowest BCUT2D eigenvalue weighted by Gasteiger charge is -2.15. The maximum atomic E-state index is 13.5. The number of nitrogens with one attached hydrogen (secondary N) is 2. The highest BCUT2D eigenvalue weighted by Gasteiger charge is 2.20. The van der Waals surface area contributed by atoms with Gasteiger partial charge in [-0.05, 0) is 25.8 Å². The van der Waals surface area contributed by atoms with Crippen LogP contribution in [0.25, 0.3) is 0 Å². The lowest BCUT2D eigenvalue weighted by molar-refractivity contribution is -0.121. The van der Waals surface area contributed by atoms with Crippen LogP contribution in [0.1, 0.15) is 37.8 Å². The number of benzene rings is 1. The number of carbonyl (C=O) groups is 1. The Morgan fingerprint density at radius 2 is 2.17 bits per heavy atom. The van der Waals surface area contributed by atoms with Crippen molar-refractivity contribution in [1.29, 1.82) is 0 Å². The molecule has 98 valence electrons. The van der Waals surface area contributed by atoms with Crippen molar-refractivity contribution in [3.05, 3.63) is 35.6 Å². The smallest absolute Gasteiger partial charge is 0.221 e. The zero-order chi connectivity index (χ0) is 13.0. The molecule has 2 rings (SSSR count). The third kappa shape index (κ3) is 3.81. The Kier molecular flexibility index (Phi) is 4.31. The van der Waals surface area contributed by atoms with E-state index in [0.29, 0.717) is 24.6 Å². The molecule has 18 heavy (non-hydrogen) atoms. The molecule has 1 aromatic carbocycles. The average Bonchev–Trinajstić information content (AvgIpc) is 3.13. The van der Waals surface area contributed by atoms with Crippen molar-refractivity contribution in [3.8, 4) is 0 Å². The highest BCUT2D eigenvalue weighted by atomic mass is 19.1. The van der Waals surface area contributed by atoms with Crippen LogP contribution in [0.4, 0.5) is 4.39 Å². The zero-order valence-electron chi connectivity index (χ0n) is 10.6. The van der Waals surface area contributed by atoms with Crippen LogP contribution in [0, 0.1) is 5.82 Å². The maximum absolute atomic E-state index is 13.5. The van der Waals surface area contributed by atoms with Crippen LogP contribution < -0.4 is 10.6 Å². The van der Waals surface area contributed by atoms with E-state index < -0.39 is 0 Å². The number of rotatable bonds is 6. The molecule has 0 aromatic heterocycles. The summed E-state index contributed by atoms with van der Waals surface area (Å²) in [6, 6.07) is 6.85. The van der Waals surface area contributed by atoms with Crippen molar-refractivity contribution in [2.24, 2.45) is 0 Å². The summed E-state index contributed by atoms with van der Waals surface area (Å²) in [5, 5.41) is 6.09. The molecule has 1 saturated carbocycles. The van der Waals surface area contributed by atoms with Gasteiger partial charge in [0.2, 0.25) is 5.91 Å². The Morgan fingerprint density at radius 3 is 2.83 bits per heavy atom. The first-order chi connectivity index (χ1) is 8.66. The molecule has 0 spiro atoms. The van der Waals surface area contributed by atoms with Gasteiger partial charge in [-0.3, -0.25) is 4.79 Å². The molecule has 0 heterocycles. The number of amides is 1. The largest absolute Gasteiger partial charge is 0.349 e. The van der Waals surface area contributed by atoms with Gasteiger partial charge in [0.15, 0.2) is 0 Å². The van der Waals surface area contributed by atoms with Crippen LogP contribution in [0.2, 0.25) is 0 Å². The van der Waals surface area contributed by atoms with E-state index in [2.05, 4.69) is 10.6 Å². The third-order valence-corrected chi connectivity index (χ3v) is 3.11. The van der Waals surface area contributed by atoms with Crippen molar-refractivity contribution in [2.75, 3.05) is 6.54 Å². The van der Waals surface area contributed by atoms with Gasteiger partial charge in [0, 0.05) is 24.6 Å². The fourth-order valence-electron chi connectivity index (χ4n) is 1.89. The molecule has 0 radical (unpaired) electrons. The van der Waals surface area contributed by atoms with Gasteiger partial charge in [-0.25, -0.2) is 4.39 Å². The van der Waals surface area contributed by atoms with E-state index in [1.54, 1.807) is 25.1 Å². The Bertz CT molecular complexity index is 418. The van der Waals surface area contributed by atoms with Crippen molar-refractivity contribution in [1.82, 2.24) is 10.6 Å². The fraction of sp³-hybridized carbons (Fsp3) is 0.500. The van der Waals surface area contributed by atoms with Crippen LogP contribution in [0.5, 0.6) is 0 Å². The molecular formula is C14H19FN2O. The SMILES string of the molecule is C[C@@H](NC(=O)CCNC1CC1)c1ccccc1F. The minimum atomic E-state index is -0.292. The van der Waals surface area contributed by atoms with Crippen molar-refractivity contribution >= 4 is 5.91 Å². The molecule has 1 aromatic rings. The fourth-order valence-corrected chi connectivity index (χ4v) is 1.89. The van der Waals surface area contributed by atoms with Gasteiger partial charge in [0.05, 0.1) is 6.04 Å². The van der Waals surface area contributed by atoms with Crippen molar-refractivity contribution in [2.45, 2.75) is 38.3 Å². The quantitative estimate of drug-likeness (QED) is 0.812. The van der Waals surface area contributed by atoms with Gasteiger partial charge in [-0.15, -0.1) is 0 Å². The second-order valence-corrected chi connectivity index (χ2v) is 4.79. The summed E-state index contributed by atoms with van der Waals surface area (Å²) >= 11 is 0. The van der Waals surface area contributed by atoms with Gasteiger partial charge < -0.3 is 10.6 Å². The van der Waals surface area contributed by atoms with Crippen LogP contribution >= 0.6 is 0 Å². The Hall–Kier alpha value is -1.42. The summed E-state index contributed by atoms with van der Waals surface area (Å²) in [4.78, 5) is 11.7. The summed E-state index contributed by atoms with van der Waals surface area (Å²) in [5.74, 6) is -0.319. The van der Waals surface area contributed by atoms with Gasteiger partial charge >= 0.3 is 0 Å². The zero-order valence-corrected chi connectivity index (χ0v) is 10.6. The van der Waals surface area contributed by atoms with E-state index in [9.17, 15) is 9.18 Å². The standard InChI is InChI=1S/C14H19FN2O/c1-10(12-4-2-3-5-13(12)15)17-14(18)8-9-16-11-6-7-11/h2-5,10-11,16H,6-9H2,1H3,(H,17,18)/t10-/m1/s1. The molecule has 1 atom stereocenters. The van der Waals surface area contributed by atoms with Gasteiger partial charge in [0.1, 0.15) is 5.82 Å². The lowest BCUT2D eigenvalue weighted by atomic mass is 10.1. The molecule has 0 bridgehead atoms. The molecule has 0 saturated heterocycles. The average molecular weight is 250 g/mol. The number of hydrogen-bond acceptors (Lipinski definition) is 2. The summed E-state index contributed by atoms with van der Waals surface area (Å²) in [7, 11) is 0. The molecular weight excluding hydrogens is 231 g/mol. The Balaban J connectivity index is 1.77. The molecule has 0 unspecified atom stereocenters. The second-order valence-electron chi connectivity index (χ2n) is 4.79. The number of carbonyl (C=O) groups excluding carboxylic acids is 1. The van der Waals surface area contributed by atoms with E-state index in [-0.39, 0.29) is 17.8 Å². The lowest BCUT2D eigenvalue weighted by Crippen LogP contribution is -2.30. The summed E-state index contributed by atoms with van der Waals surface area (Å²) in [6.07, 6.45) is 2.87. The van der Waals surface area contributed by atoms with Gasteiger partial charge in [-0.1, -0.05) is 18.2 Å². The first kappa shape index (κ1) is 13.0. The highest BCUT2D eigenvalue weighted by Crippen LogP contribution is 2.18. The predicted molar refractivity (Wildman–Crippen MR) is 68.6 cm³/mol. The van der Waals surface area contributed by atoms with Crippen molar-refractivity contribution in [3.63, 3.8) is 0 Å². The van der Waals surface area contributed by atoms with Gasteiger partial charge in [0.25, 0.3) is 0 Å². The molecule has 1 aliphatic carbocycles. The second kappa shape index (κ2) is 5.96. The first-order valence-electron chi connectivity index (χ1n) is 6.44. The van der Waals surface area contributed by atoms with Crippen LogP contribution in [0.15, 0.2) is 24.3 Å². The Morgan fingerprint density at radius 1 is 1.44 bits per heavy atom. The normalized spacial score (nSPS) is 16.3. The van der Waals surface area contributed by atoms with E-state index in [4.69, 9.17) is 0 Å². The molecule has 1 fully saturated rings. The molecule has 4 heteroatoms. The summed E-state index contributed by atoms with van der Waals surface area (Å²) < 4.78 is 13.5. The van der Waals surface area contributed by atoms with Crippen LogP contribution in [-0.4, -0.2) is 18.5 Å². The maximum Gasteiger partial charge on any atom is 0.221 e. The molecule has 3 nitrogen and oxygen atoms in total. The summed E-state index contributed by atoms with van der Waals surface area (Å²) in [6.45, 7) is 2.49. The van der Waals surface area contributed by atoms with Crippen molar-refractivity contribution < 1.29 is 9.18 Å². The van der Waals surface area contributed by atoms with Gasteiger partial charge in [-0.2, -0.15) is 0 Å². The third-order valence-electron chi connectivity index (χ3n) is 3.11. The van der Waals surface area contributed by atoms with E-state index in [1.165, 1.54) is 18.9 Å². The Labute approximate surface area is 107 Å². The number of halogens is 1. The minimum Gasteiger partial charge on any atom is -0.349 e. The topological polar surface area (TPSA) is 41.1 Å². The van der Waals surface area contributed by atoms with E-state index in [0.717, 1.165) is 0 Å².